The Labute approximate surface area is 175 Å². The maximum Gasteiger partial charge on any atom is 0.395 e. The van der Waals surface area contributed by atoms with Crippen molar-refractivity contribution >= 4 is 15.7 Å². The summed E-state index contributed by atoms with van der Waals surface area (Å²) in [6.07, 6.45) is -0.493. The second kappa shape index (κ2) is 8.98. The fourth-order valence-electron chi connectivity index (χ4n) is 3.68. The zero-order chi connectivity index (χ0) is 21.9. The Balaban J connectivity index is 1.72. The van der Waals surface area contributed by atoms with Crippen LogP contribution in [0.25, 0.3) is 0 Å². The maximum atomic E-state index is 12.8. The molecule has 2 aromatic carbocycles. The molecule has 1 aliphatic rings. The molecular formula is C22H27F3N2O2S. The molecule has 164 valence electrons. The first kappa shape index (κ1) is 22.6. The Morgan fingerprint density at radius 3 is 2.43 bits per heavy atom. The highest BCUT2D eigenvalue weighted by Crippen LogP contribution is 2.34. The predicted molar refractivity (Wildman–Crippen MR) is 112 cm³/mol. The van der Waals surface area contributed by atoms with Crippen molar-refractivity contribution in [2.75, 3.05) is 11.3 Å². The van der Waals surface area contributed by atoms with Crippen molar-refractivity contribution in [2.45, 2.75) is 62.6 Å². The molecule has 0 amide bonds. The number of anilines is 1. The topological polar surface area (TPSA) is 58.2 Å². The van der Waals surface area contributed by atoms with Gasteiger partial charge in [0.05, 0.1) is 10.8 Å². The average Bonchev–Trinajstić information content (AvgIpc) is 2.70. The minimum Gasteiger partial charge on any atom is -0.314 e. The van der Waals surface area contributed by atoms with Gasteiger partial charge < -0.3 is 5.32 Å². The smallest absolute Gasteiger partial charge is 0.314 e. The highest BCUT2D eigenvalue weighted by Gasteiger charge is 2.37. The molecule has 2 aromatic rings. The van der Waals surface area contributed by atoms with E-state index < -0.39 is 22.1 Å². The van der Waals surface area contributed by atoms with E-state index in [0.29, 0.717) is 11.7 Å². The SMILES string of the molecule is CCCNC1CCc2cc(NS(=O)(=O)c3ccc([C@@H](C)C(F)(F)F)cc3)ccc2C1. The summed E-state index contributed by atoms with van der Waals surface area (Å²) in [7, 11) is -3.88. The highest BCUT2D eigenvalue weighted by atomic mass is 32.2. The van der Waals surface area contributed by atoms with E-state index in [-0.39, 0.29) is 10.5 Å². The number of aryl methyl sites for hydroxylation is 1. The van der Waals surface area contributed by atoms with Gasteiger partial charge in [0, 0.05) is 11.7 Å². The van der Waals surface area contributed by atoms with Crippen LogP contribution < -0.4 is 10.0 Å². The molecule has 0 aromatic heterocycles. The normalized spacial score (nSPS) is 18.0. The number of hydrogen-bond donors (Lipinski definition) is 2. The third kappa shape index (κ3) is 5.35. The Kier molecular flexibility index (Phi) is 6.77. The van der Waals surface area contributed by atoms with Crippen LogP contribution in [0, 0.1) is 0 Å². The van der Waals surface area contributed by atoms with Gasteiger partial charge in [0.1, 0.15) is 0 Å². The number of fused-ring (bicyclic) bond motifs is 1. The van der Waals surface area contributed by atoms with Gasteiger partial charge in [0.25, 0.3) is 10.0 Å². The summed E-state index contributed by atoms with van der Waals surface area (Å²) in [6, 6.07) is 10.8. The molecule has 0 aliphatic heterocycles. The molecule has 0 radical (unpaired) electrons. The number of hydrogen-bond acceptors (Lipinski definition) is 3. The maximum absolute atomic E-state index is 12.8. The van der Waals surface area contributed by atoms with Crippen molar-refractivity contribution in [1.29, 1.82) is 0 Å². The second-order valence-corrected chi connectivity index (χ2v) is 9.50. The number of sulfonamides is 1. The predicted octanol–water partition coefficient (Wildman–Crippen LogP) is 5.01. The first-order valence-electron chi connectivity index (χ1n) is 10.1. The van der Waals surface area contributed by atoms with Crippen LogP contribution in [0.5, 0.6) is 0 Å². The lowest BCUT2D eigenvalue weighted by molar-refractivity contribution is -0.146. The molecule has 0 bridgehead atoms. The highest BCUT2D eigenvalue weighted by molar-refractivity contribution is 7.92. The van der Waals surface area contributed by atoms with Crippen LogP contribution in [0.1, 0.15) is 49.3 Å². The molecule has 2 atom stereocenters. The molecule has 0 saturated carbocycles. The van der Waals surface area contributed by atoms with Gasteiger partial charge in [-0.1, -0.05) is 25.1 Å². The van der Waals surface area contributed by atoms with Crippen LogP contribution in [-0.4, -0.2) is 27.2 Å². The van der Waals surface area contributed by atoms with Crippen LogP contribution in [0.4, 0.5) is 18.9 Å². The van der Waals surface area contributed by atoms with E-state index in [1.54, 1.807) is 6.07 Å². The molecule has 4 nitrogen and oxygen atoms in total. The zero-order valence-electron chi connectivity index (χ0n) is 17.1. The Morgan fingerprint density at radius 1 is 1.10 bits per heavy atom. The summed E-state index contributed by atoms with van der Waals surface area (Å²) in [5.41, 5.74) is 2.82. The van der Waals surface area contributed by atoms with Crippen molar-refractivity contribution in [2.24, 2.45) is 0 Å². The molecule has 2 N–H and O–H groups in total. The van der Waals surface area contributed by atoms with Crippen molar-refractivity contribution in [3.63, 3.8) is 0 Å². The van der Waals surface area contributed by atoms with Crippen molar-refractivity contribution in [3.8, 4) is 0 Å². The molecule has 30 heavy (non-hydrogen) atoms. The standard InChI is InChI=1S/C22H27F3N2O2S/c1-3-12-26-19-8-4-18-14-20(9-5-17(18)13-19)27-30(28,29)21-10-6-16(7-11-21)15(2)22(23,24)25/h5-7,9-11,14-15,19,26-27H,3-4,8,12-13H2,1-2H3/t15-,19?/m1/s1. The van der Waals surface area contributed by atoms with Gasteiger partial charge in [0.2, 0.25) is 0 Å². The minimum atomic E-state index is -4.37. The molecule has 1 aliphatic carbocycles. The van der Waals surface area contributed by atoms with Gasteiger partial charge in [-0.25, -0.2) is 8.42 Å². The largest absolute Gasteiger partial charge is 0.395 e. The quantitative estimate of drug-likeness (QED) is 0.636. The van der Waals surface area contributed by atoms with Gasteiger partial charge in [-0.3, -0.25) is 4.72 Å². The first-order chi connectivity index (χ1) is 14.1. The summed E-state index contributed by atoms with van der Waals surface area (Å²) in [5, 5.41) is 3.53. The number of alkyl halides is 3. The Bertz CT molecular complexity index is 973. The van der Waals surface area contributed by atoms with E-state index in [1.165, 1.54) is 29.8 Å². The molecule has 1 unspecified atom stereocenters. The van der Waals surface area contributed by atoms with Crippen LogP contribution in [0.3, 0.4) is 0 Å². The Morgan fingerprint density at radius 2 is 1.80 bits per heavy atom. The van der Waals surface area contributed by atoms with Gasteiger partial charge >= 0.3 is 6.18 Å². The van der Waals surface area contributed by atoms with Crippen molar-refractivity contribution in [3.05, 3.63) is 59.2 Å². The monoisotopic (exact) mass is 440 g/mol. The van der Waals surface area contributed by atoms with Crippen LogP contribution in [-0.2, 0) is 22.9 Å². The Hall–Kier alpha value is -2.06. The van der Waals surface area contributed by atoms with Crippen LogP contribution in [0.2, 0.25) is 0 Å². The van der Waals surface area contributed by atoms with Crippen LogP contribution >= 0.6 is 0 Å². The zero-order valence-corrected chi connectivity index (χ0v) is 17.9. The van der Waals surface area contributed by atoms with Gasteiger partial charge in [-0.15, -0.1) is 0 Å². The first-order valence-corrected chi connectivity index (χ1v) is 11.6. The molecule has 0 saturated heterocycles. The minimum absolute atomic E-state index is 0.0291. The molecule has 0 fully saturated rings. The van der Waals surface area contributed by atoms with E-state index in [4.69, 9.17) is 0 Å². The lowest BCUT2D eigenvalue weighted by Crippen LogP contribution is -2.35. The van der Waals surface area contributed by atoms with Gasteiger partial charge in [0.15, 0.2) is 0 Å². The van der Waals surface area contributed by atoms with Gasteiger partial charge in [-0.2, -0.15) is 13.2 Å². The van der Waals surface area contributed by atoms with E-state index in [2.05, 4.69) is 17.0 Å². The summed E-state index contributed by atoms with van der Waals surface area (Å²) < 4.78 is 66.4. The summed E-state index contributed by atoms with van der Waals surface area (Å²) >= 11 is 0. The fourth-order valence-corrected chi connectivity index (χ4v) is 4.73. The lowest BCUT2D eigenvalue weighted by atomic mass is 9.88. The van der Waals surface area contributed by atoms with Crippen molar-refractivity contribution < 1.29 is 21.6 Å². The third-order valence-electron chi connectivity index (χ3n) is 5.55. The number of benzene rings is 2. The summed E-state index contributed by atoms with van der Waals surface area (Å²) in [6.45, 7) is 4.17. The lowest BCUT2D eigenvalue weighted by Gasteiger charge is -2.26. The number of nitrogens with one attached hydrogen (secondary N) is 2. The average molecular weight is 441 g/mol. The van der Waals surface area contributed by atoms with E-state index in [0.717, 1.165) is 44.7 Å². The van der Waals surface area contributed by atoms with Gasteiger partial charge in [-0.05, 0) is 80.1 Å². The molecule has 3 rings (SSSR count). The molecule has 8 heteroatoms. The number of rotatable bonds is 7. The van der Waals surface area contributed by atoms with Crippen LogP contribution in [0.15, 0.2) is 47.4 Å². The van der Waals surface area contributed by atoms with E-state index in [9.17, 15) is 21.6 Å². The molecular weight excluding hydrogens is 413 g/mol. The second-order valence-electron chi connectivity index (χ2n) is 7.82. The van der Waals surface area contributed by atoms with E-state index >= 15 is 0 Å². The van der Waals surface area contributed by atoms with E-state index in [1.807, 2.05) is 12.1 Å². The summed E-state index contributed by atoms with van der Waals surface area (Å²) in [5.74, 6) is -1.65. The van der Waals surface area contributed by atoms with Crippen molar-refractivity contribution in [1.82, 2.24) is 5.32 Å². The third-order valence-corrected chi connectivity index (χ3v) is 6.95. The molecule has 0 spiro atoms. The molecule has 0 heterocycles. The number of halogens is 3. The fraction of sp³-hybridized carbons (Fsp3) is 0.455. The summed E-state index contributed by atoms with van der Waals surface area (Å²) in [4.78, 5) is -0.0674.